The van der Waals surface area contributed by atoms with Gasteiger partial charge in [-0.3, -0.25) is 18.6 Å². The number of rotatable bonds is 18. The largest absolute Gasteiger partial charge is 0.365 e. The third-order valence-electron chi connectivity index (χ3n) is 16.3. The average molecular weight is 1250 g/mol. The highest BCUT2D eigenvalue weighted by atomic mass is 32.2. The predicted octanol–water partition coefficient (Wildman–Crippen LogP) is 13.0. The fraction of sp³-hybridized carbons (Fsp3) is 0.574. The van der Waals surface area contributed by atoms with Crippen LogP contribution in [0.5, 0.6) is 0 Å². The number of nitrogens with one attached hydrogen (secondary N) is 1. The molecule has 2 aliphatic carbocycles. The molecule has 0 saturated heterocycles. The molecule has 2 aliphatic rings. The number of aryl methyl sites for hydroxylation is 1. The first kappa shape index (κ1) is 63.3. The lowest BCUT2D eigenvalue weighted by atomic mass is 9.64. The van der Waals surface area contributed by atoms with Crippen molar-refractivity contribution in [2.45, 2.75) is 148 Å². The van der Waals surface area contributed by atoms with E-state index in [0.717, 1.165) is 23.4 Å². The van der Waals surface area contributed by atoms with Gasteiger partial charge in [-0.1, -0.05) is 118 Å². The molecule has 4 aromatic heterocycles. The zero-order chi connectivity index (χ0) is 60.5. The molecule has 446 valence electrons. The van der Waals surface area contributed by atoms with E-state index in [9.17, 15) is 44.2 Å². The van der Waals surface area contributed by atoms with E-state index in [1.54, 1.807) is 31.2 Å². The fourth-order valence-electron chi connectivity index (χ4n) is 12.8. The molecule has 4 heterocycles. The number of aromatic nitrogens is 5. The van der Waals surface area contributed by atoms with Crippen molar-refractivity contribution in [1.82, 2.24) is 24.7 Å². The molecule has 28 heteroatoms. The maximum Gasteiger partial charge on any atom is 0.294 e. The molecule has 6 aromatic rings. The van der Waals surface area contributed by atoms with Gasteiger partial charge >= 0.3 is 0 Å². The lowest BCUT2D eigenvalue weighted by Crippen LogP contribution is -2.58. The third kappa shape index (κ3) is 12.8. The molecular weight excluding hydrogens is 1170 g/mol. The van der Waals surface area contributed by atoms with Gasteiger partial charge in [-0.05, 0) is 115 Å². The lowest BCUT2D eigenvalue weighted by molar-refractivity contribution is -0.432. The minimum atomic E-state index is -4.69. The van der Waals surface area contributed by atoms with Gasteiger partial charge in [0.25, 0.3) is 30.4 Å². The lowest BCUT2D eigenvalue weighted by Gasteiger charge is -2.52. The number of thiazole rings is 2. The van der Waals surface area contributed by atoms with Crippen molar-refractivity contribution in [2.75, 3.05) is 10.2 Å². The van der Waals surface area contributed by atoms with Crippen LogP contribution in [-0.4, -0.2) is 91.5 Å². The number of nitriles is 1. The average Bonchev–Trinajstić information content (AvgIpc) is 3.63. The molecule has 0 bridgehead atoms. The molecule has 10 atom stereocenters. The van der Waals surface area contributed by atoms with E-state index >= 15 is 0 Å². The highest BCUT2D eigenvalue weighted by Crippen LogP contribution is 2.52. The summed E-state index contributed by atoms with van der Waals surface area (Å²) in [5, 5.41) is 40.3. The van der Waals surface area contributed by atoms with Gasteiger partial charge in [0, 0.05) is 34.2 Å². The Balaban J connectivity index is 1.44. The summed E-state index contributed by atoms with van der Waals surface area (Å²) < 4.78 is 119. The van der Waals surface area contributed by atoms with Crippen LogP contribution in [0.1, 0.15) is 120 Å². The normalized spacial score (nSPS) is 24.2. The summed E-state index contributed by atoms with van der Waals surface area (Å²) in [6, 6.07) is 11.9. The topological polar surface area (TPSA) is 322 Å². The summed E-state index contributed by atoms with van der Waals surface area (Å²) >= 11 is 3.14. The van der Waals surface area contributed by atoms with Crippen LogP contribution in [0.4, 0.5) is 28.3 Å². The van der Waals surface area contributed by atoms with Crippen LogP contribution < -0.4 is 10.2 Å². The van der Waals surface area contributed by atoms with Crippen molar-refractivity contribution in [3.63, 3.8) is 0 Å². The van der Waals surface area contributed by atoms with Crippen molar-refractivity contribution in [2.24, 2.45) is 69.4 Å². The summed E-state index contributed by atoms with van der Waals surface area (Å²) in [6.45, 7) is 27.0. The second-order valence-corrected chi connectivity index (χ2v) is 31.7. The Morgan fingerprint density at radius 1 is 0.793 bits per heavy atom. The predicted molar refractivity (Wildman–Crippen MR) is 318 cm³/mol. The second kappa shape index (κ2) is 23.9. The Hall–Kier alpha value is -4.77. The Kier molecular flexibility index (Phi) is 18.5. The van der Waals surface area contributed by atoms with Gasteiger partial charge in [-0.15, -0.1) is 14.6 Å². The maximum absolute atomic E-state index is 13.8. The van der Waals surface area contributed by atoms with Crippen molar-refractivity contribution in [3.05, 3.63) is 59.3 Å². The van der Waals surface area contributed by atoms with Gasteiger partial charge in [0.05, 0.1) is 53.6 Å². The minimum Gasteiger partial charge on any atom is -0.365 e. The third-order valence-corrected chi connectivity index (χ3v) is 22.7. The zero-order valence-corrected chi connectivity index (χ0v) is 53.0. The van der Waals surface area contributed by atoms with Gasteiger partial charge < -0.3 is 5.32 Å². The molecule has 10 unspecified atom stereocenters. The smallest absolute Gasteiger partial charge is 0.294 e. The monoisotopic (exact) mass is 1240 g/mol. The van der Waals surface area contributed by atoms with Crippen molar-refractivity contribution in [1.29, 1.82) is 5.26 Å². The van der Waals surface area contributed by atoms with Crippen LogP contribution >= 0.6 is 34.7 Å². The van der Waals surface area contributed by atoms with Crippen LogP contribution in [0.15, 0.2) is 62.5 Å². The van der Waals surface area contributed by atoms with Crippen LogP contribution in [0.3, 0.4) is 0 Å². The Bertz CT molecular complexity index is 3780. The van der Waals surface area contributed by atoms with E-state index in [-0.39, 0.29) is 69.1 Å². The number of hydrogen-bond donors (Lipinski definition) is 5. The number of anilines is 3. The molecule has 82 heavy (non-hydrogen) atoms. The van der Waals surface area contributed by atoms with Crippen molar-refractivity contribution in [3.8, 4) is 11.2 Å². The van der Waals surface area contributed by atoms with Crippen molar-refractivity contribution >= 4 is 114 Å². The summed E-state index contributed by atoms with van der Waals surface area (Å²) in [6.07, 6.45) is 0.785. The van der Waals surface area contributed by atoms with Crippen LogP contribution in [0.2, 0.25) is 0 Å². The fourth-order valence-corrected chi connectivity index (χ4v) is 19.0. The van der Waals surface area contributed by atoms with E-state index in [2.05, 4.69) is 34.6 Å². The van der Waals surface area contributed by atoms with Crippen LogP contribution in [-0.2, 0) is 45.1 Å². The molecule has 8 rings (SSSR count). The molecule has 0 radical (unpaired) electrons. The minimum absolute atomic E-state index is 0.0210. The molecule has 0 spiro atoms. The Morgan fingerprint density at radius 2 is 1.38 bits per heavy atom. The summed E-state index contributed by atoms with van der Waals surface area (Å²) in [5.74, 6) is -3.17. The molecule has 2 fully saturated rings. The van der Waals surface area contributed by atoms with E-state index in [1.807, 2.05) is 81.1 Å². The number of pyridine rings is 1. The SMILES string of the molecule is Cc1cc(N(c2nc3ccc(S(=O)(=O)O)cc3s2)C2C(C(C)C)CC(C)C(S(=O)(=O)O)C2C(C)C)nc(NC2C(C(C)C)CC(C)C(S(=O)(=O)O)C2C(C)C)c1N=Nc1c(C#N)c(C(C)(C)C)nn1-c1nc2ccc(SOOO)cc2s1. The Morgan fingerprint density at radius 3 is 1.94 bits per heavy atom. The number of hydrogen-bond acceptors (Lipinski definition) is 21. The van der Waals surface area contributed by atoms with Gasteiger partial charge in [0.15, 0.2) is 16.8 Å². The maximum atomic E-state index is 13.8. The van der Waals surface area contributed by atoms with E-state index < -0.39 is 82.0 Å². The molecule has 2 aromatic carbocycles. The summed E-state index contributed by atoms with van der Waals surface area (Å²) in [5.41, 5.74) is 1.44. The molecular formula is C54H72N10O12S6. The first-order valence-electron chi connectivity index (χ1n) is 27.0. The van der Waals surface area contributed by atoms with Gasteiger partial charge in [-0.2, -0.15) is 40.3 Å². The van der Waals surface area contributed by atoms with E-state index in [4.69, 9.17) is 35.5 Å². The standard InChI is InChI=1S/C54H72N10O12S6/c1-25(2)34-19-30(10)47(81(69,70)71)42(27(5)6)45(34)59-50-44(60-61-51-36(24-55)49(54(12,13)14)62-64(51)53-57-37-17-15-32(79-76-75-65)22-39(37)78-53)29(9)21-41(58-50)63(52-56-38-18-16-33(80(66,67)68)23-40(38)77-52)46-35(26(3)4)20-31(11)48(82(72,73)74)43(46)28(7)8/h15-18,21-23,25-28,30-31,34-35,42-43,45-48,65H,19-20H2,1-14H3,(H,58,59)(H,66,67,68)(H,69,70,71)(H,72,73,74). The Labute approximate surface area is 491 Å². The molecule has 2 saturated carbocycles. The van der Waals surface area contributed by atoms with E-state index in [0.29, 0.717) is 59.7 Å². The van der Waals surface area contributed by atoms with E-state index in [1.165, 1.54) is 34.2 Å². The summed E-state index contributed by atoms with van der Waals surface area (Å²) in [7, 11) is -14.0. The van der Waals surface area contributed by atoms with Crippen LogP contribution in [0, 0.1) is 77.4 Å². The molecule has 22 nitrogen and oxygen atoms in total. The molecule has 0 amide bonds. The summed E-state index contributed by atoms with van der Waals surface area (Å²) in [4.78, 5) is 17.5. The highest BCUT2D eigenvalue weighted by molar-refractivity contribution is 7.94. The quantitative estimate of drug-likeness (QED) is 0.0175. The first-order valence-corrected chi connectivity index (χ1v) is 33.9. The van der Waals surface area contributed by atoms with Crippen LogP contribution in [0.25, 0.3) is 25.6 Å². The zero-order valence-electron chi connectivity index (χ0n) is 48.1. The first-order chi connectivity index (χ1) is 38.2. The molecule has 5 N–H and O–H groups in total. The second-order valence-electron chi connectivity index (χ2n) is 24.3. The number of azo groups is 1. The van der Waals surface area contributed by atoms with Gasteiger partial charge in [0.1, 0.15) is 23.1 Å². The van der Waals surface area contributed by atoms with Crippen molar-refractivity contribution < 1.29 is 53.5 Å². The molecule has 0 aliphatic heterocycles. The number of benzene rings is 2. The number of fused-ring (bicyclic) bond motifs is 2. The highest BCUT2D eigenvalue weighted by Gasteiger charge is 2.54. The van der Waals surface area contributed by atoms with Gasteiger partial charge in [0.2, 0.25) is 5.13 Å². The number of nitrogens with zero attached hydrogens (tertiary/aromatic N) is 9. The van der Waals surface area contributed by atoms with Gasteiger partial charge in [-0.25, -0.2) is 20.2 Å².